The number of aryl methyl sites for hydroxylation is 1. The number of anilines is 1. The summed E-state index contributed by atoms with van der Waals surface area (Å²) in [7, 11) is 2.45. The van der Waals surface area contributed by atoms with Crippen LogP contribution in [0.3, 0.4) is 0 Å². The standard InChI is InChI=1S/C23H22N4O6/c1-32-22(30)15-7-8-17(23(31)33-2)19(13-15)25-20(28)6-4-12-27-21(29)10-9-18(26-27)16-5-3-11-24-14-16/h3,5,7-11,13-14H,4,6,12H2,1-2H3,(H,25,28). The van der Waals surface area contributed by atoms with Gasteiger partial charge in [-0.2, -0.15) is 5.10 Å². The molecule has 170 valence electrons. The van der Waals surface area contributed by atoms with Gasteiger partial charge in [0.05, 0.1) is 36.7 Å². The van der Waals surface area contributed by atoms with E-state index < -0.39 is 17.8 Å². The quantitative estimate of drug-likeness (QED) is 0.518. The predicted octanol–water partition coefficient (Wildman–Crippen LogP) is 2.30. The van der Waals surface area contributed by atoms with Crippen LogP contribution in [0.15, 0.2) is 59.7 Å². The topological polar surface area (TPSA) is 129 Å². The molecule has 0 fully saturated rings. The van der Waals surface area contributed by atoms with E-state index in [0.29, 0.717) is 12.1 Å². The van der Waals surface area contributed by atoms with Crippen molar-refractivity contribution in [2.45, 2.75) is 19.4 Å². The first kappa shape index (κ1) is 23.3. The van der Waals surface area contributed by atoms with E-state index in [0.717, 1.165) is 5.56 Å². The minimum absolute atomic E-state index is 0.0499. The Kier molecular flexibility index (Phi) is 7.64. The van der Waals surface area contributed by atoms with Crippen molar-refractivity contribution in [3.63, 3.8) is 0 Å². The Morgan fingerprint density at radius 2 is 1.82 bits per heavy atom. The van der Waals surface area contributed by atoms with Gasteiger partial charge in [0.1, 0.15) is 0 Å². The molecule has 0 bridgehead atoms. The van der Waals surface area contributed by atoms with E-state index >= 15 is 0 Å². The predicted molar refractivity (Wildman–Crippen MR) is 119 cm³/mol. The van der Waals surface area contributed by atoms with Crippen molar-refractivity contribution in [2.75, 3.05) is 19.5 Å². The molecule has 0 saturated carbocycles. The van der Waals surface area contributed by atoms with Crippen molar-refractivity contribution in [3.05, 3.63) is 76.3 Å². The van der Waals surface area contributed by atoms with Crippen molar-refractivity contribution in [3.8, 4) is 11.3 Å². The number of methoxy groups -OCH3 is 2. The minimum Gasteiger partial charge on any atom is -0.465 e. The zero-order valence-electron chi connectivity index (χ0n) is 18.1. The third-order valence-electron chi connectivity index (χ3n) is 4.72. The first-order valence-electron chi connectivity index (χ1n) is 10.0. The number of carbonyl (C=O) groups excluding carboxylic acids is 3. The van der Waals surface area contributed by atoms with Crippen molar-refractivity contribution < 1.29 is 23.9 Å². The van der Waals surface area contributed by atoms with E-state index in [1.165, 1.54) is 43.2 Å². The number of ether oxygens (including phenoxy) is 2. The molecule has 3 rings (SSSR count). The third kappa shape index (κ3) is 5.88. The normalized spacial score (nSPS) is 10.4. The summed E-state index contributed by atoms with van der Waals surface area (Å²) in [6, 6.07) is 10.8. The van der Waals surface area contributed by atoms with Crippen molar-refractivity contribution in [2.24, 2.45) is 0 Å². The highest BCUT2D eigenvalue weighted by molar-refractivity contribution is 6.03. The van der Waals surface area contributed by atoms with E-state index in [1.54, 1.807) is 24.5 Å². The second-order valence-electron chi connectivity index (χ2n) is 6.92. The molecular weight excluding hydrogens is 428 g/mol. The lowest BCUT2D eigenvalue weighted by Crippen LogP contribution is -2.23. The van der Waals surface area contributed by atoms with Crippen LogP contribution < -0.4 is 10.9 Å². The molecule has 0 radical (unpaired) electrons. The van der Waals surface area contributed by atoms with E-state index in [-0.39, 0.29) is 35.3 Å². The number of nitrogens with one attached hydrogen (secondary N) is 1. The van der Waals surface area contributed by atoms with E-state index in [1.807, 2.05) is 6.07 Å². The number of rotatable bonds is 8. The van der Waals surface area contributed by atoms with Crippen LogP contribution in [-0.2, 0) is 20.8 Å². The van der Waals surface area contributed by atoms with Gasteiger partial charge in [0.15, 0.2) is 0 Å². The summed E-state index contributed by atoms with van der Waals surface area (Å²) < 4.78 is 10.7. The highest BCUT2D eigenvalue weighted by atomic mass is 16.5. The number of hydrogen-bond donors (Lipinski definition) is 1. The lowest BCUT2D eigenvalue weighted by atomic mass is 10.1. The molecule has 1 N–H and O–H groups in total. The molecule has 2 aromatic heterocycles. The van der Waals surface area contributed by atoms with Crippen LogP contribution in [0, 0.1) is 0 Å². The molecule has 0 aliphatic carbocycles. The van der Waals surface area contributed by atoms with Gasteiger partial charge in [0, 0.05) is 37.0 Å². The summed E-state index contributed by atoms with van der Waals surface area (Å²) >= 11 is 0. The van der Waals surface area contributed by atoms with Gasteiger partial charge < -0.3 is 14.8 Å². The fraction of sp³-hybridized carbons (Fsp3) is 0.217. The molecule has 33 heavy (non-hydrogen) atoms. The van der Waals surface area contributed by atoms with Crippen molar-refractivity contribution in [1.29, 1.82) is 0 Å². The number of amides is 1. The van der Waals surface area contributed by atoms with Crippen LogP contribution in [0.25, 0.3) is 11.3 Å². The number of carbonyl (C=O) groups is 3. The van der Waals surface area contributed by atoms with Crippen LogP contribution >= 0.6 is 0 Å². The van der Waals surface area contributed by atoms with Crippen LogP contribution in [0.5, 0.6) is 0 Å². The second-order valence-corrected chi connectivity index (χ2v) is 6.92. The molecule has 0 spiro atoms. The molecule has 2 heterocycles. The SMILES string of the molecule is COC(=O)c1ccc(C(=O)OC)c(NC(=O)CCCn2nc(-c3cccnc3)ccc2=O)c1. The van der Waals surface area contributed by atoms with Gasteiger partial charge in [-0.25, -0.2) is 14.3 Å². The number of esters is 2. The van der Waals surface area contributed by atoms with Crippen LogP contribution in [-0.4, -0.2) is 46.8 Å². The van der Waals surface area contributed by atoms with Gasteiger partial charge in [-0.15, -0.1) is 0 Å². The Hall–Kier alpha value is -4.34. The third-order valence-corrected chi connectivity index (χ3v) is 4.72. The number of hydrogen-bond acceptors (Lipinski definition) is 8. The number of nitrogens with zero attached hydrogens (tertiary/aromatic N) is 3. The summed E-state index contributed by atoms with van der Waals surface area (Å²) in [6.07, 6.45) is 3.66. The number of benzene rings is 1. The Bertz CT molecular complexity index is 1220. The van der Waals surface area contributed by atoms with Crippen LogP contribution in [0.4, 0.5) is 5.69 Å². The van der Waals surface area contributed by atoms with E-state index in [4.69, 9.17) is 4.74 Å². The first-order valence-corrected chi connectivity index (χ1v) is 10.0. The molecule has 3 aromatic rings. The van der Waals surface area contributed by atoms with Gasteiger partial charge in [0.25, 0.3) is 5.56 Å². The second kappa shape index (κ2) is 10.8. The van der Waals surface area contributed by atoms with Gasteiger partial charge in [0.2, 0.25) is 5.91 Å². The largest absolute Gasteiger partial charge is 0.465 e. The molecule has 0 aliphatic heterocycles. The highest BCUT2D eigenvalue weighted by Gasteiger charge is 2.17. The number of aromatic nitrogens is 3. The van der Waals surface area contributed by atoms with Crippen molar-refractivity contribution in [1.82, 2.24) is 14.8 Å². The van der Waals surface area contributed by atoms with E-state index in [9.17, 15) is 19.2 Å². The molecule has 10 heteroatoms. The van der Waals surface area contributed by atoms with Crippen LogP contribution in [0.1, 0.15) is 33.6 Å². The molecule has 0 saturated heterocycles. The molecule has 10 nitrogen and oxygen atoms in total. The molecule has 0 aliphatic rings. The zero-order valence-corrected chi connectivity index (χ0v) is 18.1. The average Bonchev–Trinajstić information content (AvgIpc) is 2.84. The maximum absolute atomic E-state index is 12.5. The van der Waals surface area contributed by atoms with Crippen LogP contribution in [0.2, 0.25) is 0 Å². The fourth-order valence-electron chi connectivity index (χ4n) is 3.06. The Morgan fingerprint density at radius 1 is 1.03 bits per heavy atom. The Morgan fingerprint density at radius 3 is 2.52 bits per heavy atom. The molecular formula is C23H22N4O6. The maximum atomic E-state index is 12.5. The summed E-state index contributed by atoms with van der Waals surface area (Å²) in [4.78, 5) is 52.5. The van der Waals surface area contributed by atoms with Crippen molar-refractivity contribution >= 4 is 23.5 Å². The van der Waals surface area contributed by atoms with Gasteiger partial charge in [-0.3, -0.25) is 14.6 Å². The van der Waals surface area contributed by atoms with Gasteiger partial charge in [-0.05, 0) is 42.8 Å². The molecule has 1 amide bonds. The summed E-state index contributed by atoms with van der Waals surface area (Å²) in [6.45, 7) is 0.215. The van der Waals surface area contributed by atoms with E-state index in [2.05, 4.69) is 20.1 Å². The van der Waals surface area contributed by atoms with Gasteiger partial charge in [-0.1, -0.05) is 0 Å². The molecule has 0 unspecified atom stereocenters. The average molecular weight is 450 g/mol. The maximum Gasteiger partial charge on any atom is 0.339 e. The minimum atomic E-state index is -0.662. The first-order chi connectivity index (χ1) is 15.9. The monoisotopic (exact) mass is 450 g/mol. The summed E-state index contributed by atoms with van der Waals surface area (Å²) in [5, 5.41) is 6.95. The Balaban J connectivity index is 1.68. The molecule has 1 aromatic carbocycles. The highest BCUT2D eigenvalue weighted by Crippen LogP contribution is 2.20. The lowest BCUT2D eigenvalue weighted by Gasteiger charge is -2.12. The summed E-state index contributed by atoms with van der Waals surface area (Å²) in [5.74, 6) is -1.68. The molecule has 0 atom stereocenters. The fourth-order valence-corrected chi connectivity index (χ4v) is 3.06. The Labute approximate surface area is 189 Å². The lowest BCUT2D eigenvalue weighted by molar-refractivity contribution is -0.116. The van der Waals surface area contributed by atoms with Gasteiger partial charge >= 0.3 is 11.9 Å². The number of pyridine rings is 1. The summed E-state index contributed by atoms with van der Waals surface area (Å²) in [5.41, 5.74) is 1.47. The zero-order chi connectivity index (χ0) is 23.8. The smallest absolute Gasteiger partial charge is 0.339 e.